The number of nitrogens with zero attached hydrogens (tertiary/aromatic N) is 2. The molecule has 0 aliphatic rings. The van der Waals surface area contributed by atoms with E-state index >= 15 is 0 Å². The van der Waals surface area contributed by atoms with Crippen LogP contribution in [0.4, 0.5) is 10.6 Å². The van der Waals surface area contributed by atoms with Crippen molar-refractivity contribution in [2.45, 2.75) is 19.8 Å². The van der Waals surface area contributed by atoms with Crippen LogP contribution in [-0.4, -0.2) is 22.9 Å². The summed E-state index contributed by atoms with van der Waals surface area (Å²) in [5, 5.41) is 9.94. The van der Waals surface area contributed by atoms with Gasteiger partial charge in [-0.05, 0) is 34.5 Å². The number of ether oxygens (including phenoxy) is 1. The second-order valence-corrected chi connectivity index (χ2v) is 3.67. The molecule has 5 nitrogen and oxygen atoms in total. The highest BCUT2D eigenvalue weighted by atomic mass is 79.9. The first kappa shape index (κ1) is 11.9. The van der Waals surface area contributed by atoms with Gasteiger partial charge >= 0.3 is 6.09 Å². The van der Waals surface area contributed by atoms with E-state index < -0.39 is 6.09 Å². The first-order chi connectivity index (χ1) is 7.22. The zero-order chi connectivity index (χ0) is 11.1. The molecule has 1 rings (SSSR count). The molecule has 1 amide bonds. The van der Waals surface area contributed by atoms with Crippen molar-refractivity contribution in [2.24, 2.45) is 0 Å². The van der Waals surface area contributed by atoms with Crippen molar-refractivity contribution in [3.8, 4) is 0 Å². The standard InChI is InChI=1S/C9H12BrN3O2/c1-2-3-6-15-9(14)11-8-5-4-7(10)12-13-8/h4-5H,2-3,6H2,1H3,(H,11,13,14). The molecule has 82 valence electrons. The predicted octanol–water partition coefficient (Wildman–Crippen LogP) is 2.59. The summed E-state index contributed by atoms with van der Waals surface area (Å²) < 4.78 is 5.51. The maximum absolute atomic E-state index is 11.2. The van der Waals surface area contributed by atoms with Gasteiger partial charge in [-0.3, -0.25) is 5.32 Å². The summed E-state index contributed by atoms with van der Waals surface area (Å²) in [5.74, 6) is 0.375. The third-order valence-corrected chi connectivity index (χ3v) is 2.02. The Morgan fingerprint density at radius 3 is 2.93 bits per heavy atom. The van der Waals surface area contributed by atoms with Gasteiger partial charge in [-0.15, -0.1) is 10.2 Å². The molecule has 0 saturated heterocycles. The SMILES string of the molecule is CCCCOC(=O)Nc1ccc(Br)nn1. The van der Waals surface area contributed by atoms with Crippen LogP contribution in [0.1, 0.15) is 19.8 Å². The van der Waals surface area contributed by atoms with Gasteiger partial charge in [0.05, 0.1) is 6.61 Å². The van der Waals surface area contributed by atoms with Gasteiger partial charge < -0.3 is 4.74 Å². The van der Waals surface area contributed by atoms with E-state index in [4.69, 9.17) is 4.74 Å². The number of hydrogen-bond acceptors (Lipinski definition) is 4. The summed E-state index contributed by atoms with van der Waals surface area (Å²) in [6.45, 7) is 2.45. The number of halogens is 1. The molecule has 0 radical (unpaired) electrons. The molecule has 15 heavy (non-hydrogen) atoms. The van der Waals surface area contributed by atoms with E-state index in [0.717, 1.165) is 12.8 Å². The minimum Gasteiger partial charge on any atom is -0.449 e. The van der Waals surface area contributed by atoms with E-state index in [9.17, 15) is 4.79 Å². The van der Waals surface area contributed by atoms with Crippen molar-refractivity contribution in [3.63, 3.8) is 0 Å². The normalized spacial score (nSPS) is 9.73. The highest BCUT2D eigenvalue weighted by Crippen LogP contribution is 2.07. The quantitative estimate of drug-likeness (QED) is 0.857. The monoisotopic (exact) mass is 273 g/mol. The molecule has 0 bridgehead atoms. The summed E-state index contributed by atoms with van der Waals surface area (Å²) in [6.07, 6.45) is 1.35. The Kier molecular flexibility index (Phi) is 5.03. The van der Waals surface area contributed by atoms with Crippen LogP contribution in [0, 0.1) is 0 Å². The van der Waals surface area contributed by atoms with Crippen LogP contribution in [0.15, 0.2) is 16.7 Å². The van der Waals surface area contributed by atoms with Crippen LogP contribution in [-0.2, 0) is 4.74 Å². The highest BCUT2D eigenvalue weighted by molar-refractivity contribution is 9.10. The summed E-state index contributed by atoms with van der Waals surface area (Å²) >= 11 is 3.15. The summed E-state index contributed by atoms with van der Waals surface area (Å²) in [7, 11) is 0. The molecule has 0 fully saturated rings. The third kappa shape index (κ3) is 4.73. The van der Waals surface area contributed by atoms with Gasteiger partial charge in [0.2, 0.25) is 0 Å². The van der Waals surface area contributed by atoms with Gasteiger partial charge in [-0.25, -0.2) is 4.79 Å². The molecule has 1 N–H and O–H groups in total. The molecule has 1 aromatic heterocycles. The van der Waals surface area contributed by atoms with E-state index in [-0.39, 0.29) is 0 Å². The molecule has 0 spiro atoms. The topological polar surface area (TPSA) is 64.1 Å². The van der Waals surface area contributed by atoms with Crippen LogP contribution in [0.25, 0.3) is 0 Å². The molecule has 1 heterocycles. The second kappa shape index (κ2) is 6.34. The van der Waals surface area contributed by atoms with Gasteiger partial charge in [0, 0.05) is 0 Å². The maximum Gasteiger partial charge on any atom is 0.412 e. The van der Waals surface area contributed by atoms with Crippen LogP contribution < -0.4 is 5.32 Å². The molecule has 6 heteroatoms. The number of aromatic nitrogens is 2. The zero-order valence-corrected chi connectivity index (χ0v) is 9.95. The Morgan fingerprint density at radius 1 is 1.53 bits per heavy atom. The first-order valence-corrected chi connectivity index (χ1v) is 5.44. The Morgan fingerprint density at radius 2 is 2.33 bits per heavy atom. The van der Waals surface area contributed by atoms with Gasteiger partial charge in [-0.1, -0.05) is 13.3 Å². The fraction of sp³-hybridized carbons (Fsp3) is 0.444. The number of rotatable bonds is 4. The van der Waals surface area contributed by atoms with Crippen molar-refractivity contribution in [2.75, 3.05) is 11.9 Å². The number of carbonyl (C=O) groups excluding carboxylic acids is 1. The van der Waals surface area contributed by atoms with E-state index in [1.54, 1.807) is 12.1 Å². The largest absolute Gasteiger partial charge is 0.449 e. The van der Waals surface area contributed by atoms with E-state index in [0.29, 0.717) is 17.0 Å². The molecular weight excluding hydrogens is 262 g/mol. The van der Waals surface area contributed by atoms with Crippen LogP contribution in [0.3, 0.4) is 0 Å². The van der Waals surface area contributed by atoms with Crippen molar-refractivity contribution >= 4 is 27.8 Å². The number of hydrogen-bond donors (Lipinski definition) is 1. The van der Waals surface area contributed by atoms with Crippen molar-refractivity contribution < 1.29 is 9.53 Å². The summed E-state index contributed by atoms with van der Waals surface area (Å²) in [5.41, 5.74) is 0. The van der Waals surface area contributed by atoms with Crippen molar-refractivity contribution in [1.82, 2.24) is 10.2 Å². The first-order valence-electron chi connectivity index (χ1n) is 4.65. The minimum atomic E-state index is -0.500. The fourth-order valence-electron chi connectivity index (χ4n) is 0.833. The van der Waals surface area contributed by atoms with Gasteiger partial charge in [0.15, 0.2) is 5.82 Å². The van der Waals surface area contributed by atoms with Crippen LogP contribution in [0.5, 0.6) is 0 Å². The third-order valence-electron chi connectivity index (χ3n) is 1.59. The number of unbranched alkanes of at least 4 members (excludes halogenated alkanes) is 1. The van der Waals surface area contributed by atoms with Crippen molar-refractivity contribution in [3.05, 3.63) is 16.7 Å². The number of carbonyl (C=O) groups is 1. The molecule has 0 aromatic carbocycles. The van der Waals surface area contributed by atoms with E-state index in [2.05, 4.69) is 31.4 Å². The second-order valence-electron chi connectivity index (χ2n) is 2.86. The summed E-state index contributed by atoms with van der Waals surface area (Å²) in [4.78, 5) is 11.2. The van der Waals surface area contributed by atoms with Crippen LogP contribution >= 0.6 is 15.9 Å². The lowest BCUT2D eigenvalue weighted by Gasteiger charge is -2.04. The summed E-state index contributed by atoms with van der Waals surface area (Å²) in [6, 6.07) is 3.33. The molecule has 0 saturated carbocycles. The molecule has 0 aliphatic heterocycles. The zero-order valence-electron chi connectivity index (χ0n) is 8.36. The minimum absolute atomic E-state index is 0.375. The average molecular weight is 274 g/mol. The Labute approximate surface area is 96.4 Å². The lowest BCUT2D eigenvalue weighted by atomic mass is 10.4. The number of anilines is 1. The van der Waals surface area contributed by atoms with Crippen LogP contribution in [0.2, 0.25) is 0 Å². The predicted molar refractivity (Wildman–Crippen MR) is 59.6 cm³/mol. The molecule has 0 unspecified atom stereocenters. The lowest BCUT2D eigenvalue weighted by molar-refractivity contribution is 0.160. The van der Waals surface area contributed by atoms with Gasteiger partial charge in [0.1, 0.15) is 4.60 Å². The fourth-order valence-corrected chi connectivity index (χ4v) is 1.04. The molecular formula is C9H12BrN3O2. The highest BCUT2D eigenvalue weighted by Gasteiger charge is 2.03. The average Bonchev–Trinajstić information content (AvgIpc) is 2.22. The molecule has 1 aromatic rings. The molecule has 0 atom stereocenters. The molecule has 0 aliphatic carbocycles. The van der Waals surface area contributed by atoms with Gasteiger partial charge in [0.25, 0.3) is 0 Å². The maximum atomic E-state index is 11.2. The number of amides is 1. The van der Waals surface area contributed by atoms with E-state index in [1.807, 2.05) is 6.92 Å². The Bertz CT molecular complexity index is 316. The smallest absolute Gasteiger partial charge is 0.412 e. The number of nitrogens with one attached hydrogen (secondary N) is 1. The van der Waals surface area contributed by atoms with Crippen molar-refractivity contribution in [1.29, 1.82) is 0 Å². The Balaban J connectivity index is 2.34. The lowest BCUT2D eigenvalue weighted by Crippen LogP contribution is -2.15. The Hall–Kier alpha value is -1.17. The van der Waals surface area contributed by atoms with Gasteiger partial charge in [-0.2, -0.15) is 0 Å². The van der Waals surface area contributed by atoms with E-state index in [1.165, 1.54) is 0 Å².